The summed E-state index contributed by atoms with van der Waals surface area (Å²) in [7, 11) is -2.08. The summed E-state index contributed by atoms with van der Waals surface area (Å²) in [5.74, 6) is -0.406. The lowest BCUT2D eigenvalue weighted by Crippen LogP contribution is -2.41. The zero-order valence-corrected chi connectivity index (χ0v) is 13.8. The molecule has 1 aromatic carbocycles. The fraction of sp³-hybridized carbons (Fsp3) is 0.462. The number of carbonyl (C=O) groups excluding carboxylic acids is 1. The summed E-state index contributed by atoms with van der Waals surface area (Å²) in [5.41, 5.74) is 1.11. The van der Waals surface area contributed by atoms with Crippen molar-refractivity contribution in [1.82, 2.24) is 5.32 Å². The van der Waals surface area contributed by atoms with Gasteiger partial charge in [0, 0.05) is 18.7 Å². The van der Waals surface area contributed by atoms with Gasteiger partial charge in [-0.3, -0.25) is 9.10 Å². The van der Waals surface area contributed by atoms with Gasteiger partial charge in [-0.25, -0.2) is 8.42 Å². The lowest BCUT2D eigenvalue weighted by molar-refractivity contribution is -0.119. The quantitative estimate of drug-likeness (QED) is 0.760. The van der Waals surface area contributed by atoms with Crippen LogP contribution in [0.25, 0.3) is 0 Å². The molecule has 1 rings (SSSR count). The van der Waals surface area contributed by atoms with Crippen LogP contribution in [0.15, 0.2) is 18.2 Å². The molecule has 0 bridgehead atoms. The van der Waals surface area contributed by atoms with E-state index >= 15 is 0 Å². The first-order valence-electron chi connectivity index (χ1n) is 6.25. The highest BCUT2D eigenvalue weighted by Crippen LogP contribution is 2.26. The van der Waals surface area contributed by atoms with Crippen LogP contribution in [0, 0.1) is 6.92 Å². The molecule has 0 aromatic heterocycles. The van der Waals surface area contributed by atoms with Gasteiger partial charge in [0.05, 0.1) is 18.6 Å². The van der Waals surface area contributed by atoms with E-state index in [0.29, 0.717) is 23.9 Å². The van der Waals surface area contributed by atoms with Crippen molar-refractivity contribution in [3.05, 3.63) is 28.8 Å². The monoisotopic (exact) mass is 334 g/mol. The van der Waals surface area contributed by atoms with E-state index in [0.717, 1.165) is 16.1 Å². The summed E-state index contributed by atoms with van der Waals surface area (Å²) >= 11 is 5.91. The van der Waals surface area contributed by atoms with Crippen molar-refractivity contribution < 1.29 is 17.9 Å². The lowest BCUT2D eigenvalue weighted by Gasteiger charge is -2.23. The van der Waals surface area contributed by atoms with Crippen LogP contribution in [0.2, 0.25) is 5.02 Å². The predicted molar refractivity (Wildman–Crippen MR) is 83.3 cm³/mol. The molecule has 8 heteroatoms. The van der Waals surface area contributed by atoms with Crippen LogP contribution in [-0.4, -0.2) is 47.4 Å². The maximum atomic E-state index is 11.9. The van der Waals surface area contributed by atoms with E-state index in [9.17, 15) is 13.2 Å². The molecule has 1 aromatic rings. The third kappa shape index (κ3) is 5.53. The Balaban J connectivity index is 2.97. The Bertz CT molecular complexity index is 604. The molecule has 0 saturated heterocycles. The third-order valence-electron chi connectivity index (χ3n) is 2.76. The first-order valence-corrected chi connectivity index (χ1v) is 8.48. The second kappa shape index (κ2) is 7.63. The molecule has 0 radical (unpaired) electrons. The molecular formula is C13H19ClN2O4S. The Morgan fingerprint density at radius 3 is 2.67 bits per heavy atom. The summed E-state index contributed by atoms with van der Waals surface area (Å²) in [6.07, 6.45) is 1.05. The minimum absolute atomic E-state index is 0.302. The molecule has 0 aliphatic carbocycles. The van der Waals surface area contributed by atoms with Crippen LogP contribution in [0.5, 0.6) is 0 Å². The number of amides is 1. The van der Waals surface area contributed by atoms with E-state index < -0.39 is 15.9 Å². The van der Waals surface area contributed by atoms with Gasteiger partial charge in [0.1, 0.15) is 6.54 Å². The second-order valence-electron chi connectivity index (χ2n) is 4.54. The number of carbonyl (C=O) groups is 1. The van der Waals surface area contributed by atoms with Gasteiger partial charge in [0.15, 0.2) is 0 Å². The van der Waals surface area contributed by atoms with E-state index in [4.69, 9.17) is 16.3 Å². The topological polar surface area (TPSA) is 75.7 Å². The van der Waals surface area contributed by atoms with Crippen molar-refractivity contribution in [3.63, 3.8) is 0 Å². The van der Waals surface area contributed by atoms with Crippen molar-refractivity contribution in [2.24, 2.45) is 0 Å². The molecule has 1 N–H and O–H groups in total. The number of rotatable bonds is 7. The minimum atomic E-state index is -3.60. The molecule has 118 valence electrons. The molecule has 0 atom stereocenters. The maximum Gasteiger partial charge on any atom is 0.240 e. The SMILES string of the molecule is COCCNC(=O)CN(c1cc(Cl)ccc1C)S(C)(=O)=O. The average Bonchev–Trinajstić information content (AvgIpc) is 2.38. The number of anilines is 1. The number of aryl methyl sites for hydroxylation is 1. The van der Waals surface area contributed by atoms with E-state index in [1.807, 2.05) is 0 Å². The number of methoxy groups -OCH3 is 1. The molecule has 1 amide bonds. The van der Waals surface area contributed by atoms with Gasteiger partial charge in [0.25, 0.3) is 0 Å². The van der Waals surface area contributed by atoms with Crippen LogP contribution in [0.1, 0.15) is 5.56 Å². The van der Waals surface area contributed by atoms with E-state index in [1.165, 1.54) is 13.2 Å². The van der Waals surface area contributed by atoms with Crippen LogP contribution in [-0.2, 0) is 19.6 Å². The van der Waals surface area contributed by atoms with Crippen LogP contribution in [0.3, 0.4) is 0 Å². The highest BCUT2D eigenvalue weighted by Gasteiger charge is 2.22. The second-order valence-corrected chi connectivity index (χ2v) is 6.89. The van der Waals surface area contributed by atoms with Crippen molar-refractivity contribution in [2.45, 2.75) is 6.92 Å². The Labute approximate surface area is 130 Å². The average molecular weight is 335 g/mol. The number of nitrogens with one attached hydrogen (secondary N) is 1. The number of ether oxygens (including phenoxy) is 1. The third-order valence-corrected chi connectivity index (χ3v) is 4.12. The highest BCUT2D eigenvalue weighted by molar-refractivity contribution is 7.92. The number of sulfonamides is 1. The molecule has 0 aliphatic heterocycles. The lowest BCUT2D eigenvalue weighted by atomic mass is 10.2. The Morgan fingerprint density at radius 2 is 2.10 bits per heavy atom. The van der Waals surface area contributed by atoms with Gasteiger partial charge in [-0.2, -0.15) is 0 Å². The highest BCUT2D eigenvalue weighted by atomic mass is 35.5. The maximum absolute atomic E-state index is 11.9. The first kappa shape index (κ1) is 17.7. The van der Waals surface area contributed by atoms with Gasteiger partial charge in [0.2, 0.25) is 15.9 Å². The number of hydrogen-bond donors (Lipinski definition) is 1. The standard InChI is InChI=1S/C13H19ClN2O4S/c1-10-4-5-11(14)8-12(10)16(21(3,18)19)9-13(17)15-6-7-20-2/h4-5,8H,6-7,9H2,1-3H3,(H,15,17). The molecule has 21 heavy (non-hydrogen) atoms. The van der Waals surface area contributed by atoms with Gasteiger partial charge in [-0.1, -0.05) is 17.7 Å². The van der Waals surface area contributed by atoms with Gasteiger partial charge in [-0.05, 0) is 24.6 Å². The summed E-state index contributed by atoms with van der Waals surface area (Å²) in [4.78, 5) is 11.8. The van der Waals surface area contributed by atoms with Crippen LogP contribution in [0.4, 0.5) is 5.69 Å². The van der Waals surface area contributed by atoms with Gasteiger partial charge < -0.3 is 10.1 Å². The molecule has 0 heterocycles. The molecule has 0 aliphatic rings. The molecule has 0 fully saturated rings. The molecule has 0 unspecified atom stereocenters. The van der Waals surface area contributed by atoms with Crippen LogP contribution >= 0.6 is 11.6 Å². The van der Waals surface area contributed by atoms with Gasteiger partial charge in [-0.15, -0.1) is 0 Å². The normalized spacial score (nSPS) is 11.2. The number of benzene rings is 1. The smallest absolute Gasteiger partial charge is 0.240 e. The van der Waals surface area contributed by atoms with Crippen molar-refractivity contribution in [3.8, 4) is 0 Å². The molecule has 0 saturated carbocycles. The van der Waals surface area contributed by atoms with E-state index in [-0.39, 0.29) is 6.54 Å². The molecule has 0 spiro atoms. The number of halogens is 1. The number of nitrogens with zero attached hydrogens (tertiary/aromatic N) is 1. The van der Waals surface area contributed by atoms with Gasteiger partial charge >= 0.3 is 0 Å². The molecular weight excluding hydrogens is 316 g/mol. The van der Waals surface area contributed by atoms with Crippen molar-refractivity contribution in [1.29, 1.82) is 0 Å². The predicted octanol–water partition coefficient (Wildman–Crippen LogP) is 1.18. The van der Waals surface area contributed by atoms with E-state index in [1.54, 1.807) is 19.1 Å². The van der Waals surface area contributed by atoms with Crippen molar-refractivity contribution >= 4 is 33.2 Å². The Hall–Kier alpha value is -1.31. The zero-order chi connectivity index (χ0) is 16.0. The number of hydrogen-bond acceptors (Lipinski definition) is 4. The van der Waals surface area contributed by atoms with E-state index in [2.05, 4.69) is 5.32 Å². The summed E-state index contributed by atoms with van der Waals surface area (Å²) < 4.78 is 29.7. The largest absolute Gasteiger partial charge is 0.383 e. The molecule has 6 nitrogen and oxygen atoms in total. The summed E-state index contributed by atoms with van der Waals surface area (Å²) in [6.45, 7) is 2.14. The van der Waals surface area contributed by atoms with Crippen molar-refractivity contribution in [2.75, 3.05) is 37.4 Å². The first-order chi connectivity index (χ1) is 9.75. The fourth-order valence-corrected chi connectivity index (χ4v) is 2.78. The fourth-order valence-electron chi connectivity index (χ4n) is 1.71. The minimum Gasteiger partial charge on any atom is -0.383 e. The summed E-state index contributed by atoms with van der Waals surface area (Å²) in [5, 5.41) is 2.99. The summed E-state index contributed by atoms with van der Waals surface area (Å²) in [6, 6.07) is 4.90. The Kier molecular flexibility index (Phi) is 6.44. The Morgan fingerprint density at radius 1 is 1.43 bits per heavy atom. The zero-order valence-electron chi connectivity index (χ0n) is 12.2. The van der Waals surface area contributed by atoms with Crippen LogP contribution < -0.4 is 9.62 Å².